The van der Waals surface area contributed by atoms with Crippen LogP contribution in [0.5, 0.6) is 0 Å². The molecule has 1 aromatic carbocycles. The molecule has 0 saturated carbocycles. The van der Waals surface area contributed by atoms with E-state index in [1.165, 1.54) is 11.1 Å². The monoisotopic (exact) mass is 278 g/mol. The van der Waals surface area contributed by atoms with E-state index < -0.39 is 0 Å². The Bertz CT molecular complexity index is 411. The van der Waals surface area contributed by atoms with Gasteiger partial charge in [0.05, 0.1) is 25.4 Å². The summed E-state index contributed by atoms with van der Waals surface area (Å²) in [5.74, 6) is 0. The first-order chi connectivity index (χ1) is 9.77. The molecule has 2 unspecified atom stereocenters. The Hall–Kier alpha value is -0.940. The number of hydrogen-bond acceptors (Lipinski definition) is 4. The summed E-state index contributed by atoms with van der Waals surface area (Å²) in [4.78, 5) is 2.39. The van der Waals surface area contributed by atoms with Crippen molar-refractivity contribution < 1.29 is 9.47 Å². The minimum atomic E-state index is 0.187. The molecule has 1 saturated heterocycles. The van der Waals surface area contributed by atoms with Gasteiger partial charge in [0, 0.05) is 20.2 Å². The molecule has 1 fully saturated rings. The molecule has 4 heteroatoms. The second-order valence-corrected chi connectivity index (χ2v) is 5.27. The molecular formula is C16H26N2O2. The van der Waals surface area contributed by atoms with Crippen LogP contribution in [0.25, 0.3) is 0 Å². The molecule has 1 aliphatic heterocycles. The molecule has 4 nitrogen and oxygen atoms in total. The van der Waals surface area contributed by atoms with E-state index in [1.54, 1.807) is 7.11 Å². The first-order valence-electron chi connectivity index (χ1n) is 7.37. The lowest BCUT2D eigenvalue weighted by atomic mass is 9.94. The zero-order chi connectivity index (χ0) is 14.4. The van der Waals surface area contributed by atoms with Crippen LogP contribution in [0.1, 0.15) is 24.1 Å². The zero-order valence-electron chi connectivity index (χ0n) is 12.8. The highest BCUT2D eigenvalue weighted by Crippen LogP contribution is 2.30. The SMILES string of the molecule is CCNCC1OCCN(C)C1c1ccccc1COC. The van der Waals surface area contributed by atoms with E-state index in [2.05, 4.69) is 48.5 Å². The third kappa shape index (κ3) is 3.58. The molecule has 2 rings (SSSR count). The van der Waals surface area contributed by atoms with Gasteiger partial charge in [0.1, 0.15) is 0 Å². The molecule has 112 valence electrons. The maximum Gasteiger partial charge on any atom is 0.0896 e. The molecule has 1 N–H and O–H groups in total. The normalized spacial score (nSPS) is 23.9. The molecule has 0 aromatic heterocycles. The highest BCUT2D eigenvalue weighted by atomic mass is 16.5. The molecule has 0 amide bonds. The van der Waals surface area contributed by atoms with Gasteiger partial charge in [-0.2, -0.15) is 0 Å². The van der Waals surface area contributed by atoms with Gasteiger partial charge in [-0.1, -0.05) is 31.2 Å². The minimum Gasteiger partial charge on any atom is -0.380 e. The third-order valence-corrected chi connectivity index (χ3v) is 3.87. The number of rotatable bonds is 6. The summed E-state index contributed by atoms with van der Waals surface area (Å²) in [6, 6.07) is 8.80. The van der Waals surface area contributed by atoms with Gasteiger partial charge in [-0.25, -0.2) is 0 Å². The quantitative estimate of drug-likeness (QED) is 0.860. The number of nitrogens with one attached hydrogen (secondary N) is 1. The number of ether oxygens (including phenoxy) is 2. The number of hydrogen-bond donors (Lipinski definition) is 1. The van der Waals surface area contributed by atoms with Crippen molar-refractivity contribution in [3.8, 4) is 0 Å². The Labute approximate surface area is 122 Å². The van der Waals surface area contributed by atoms with Gasteiger partial charge in [-0.05, 0) is 24.7 Å². The topological polar surface area (TPSA) is 33.7 Å². The second-order valence-electron chi connectivity index (χ2n) is 5.27. The van der Waals surface area contributed by atoms with Gasteiger partial charge in [-0.15, -0.1) is 0 Å². The van der Waals surface area contributed by atoms with Gasteiger partial charge >= 0.3 is 0 Å². The fraction of sp³-hybridized carbons (Fsp3) is 0.625. The summed E-state index contributed by atoms with van der Waals surface area (Å²) in [7, 11) is 3.92. The molecule has 20 heavy (non-hydrogen) atoms. The van der Waals surface area contributed by atoms with E-state index in [1.807, 2.05) is 0 Å². The Morgan fingerprint density at radius 1 is 1.40 bits per heavy atom. The third-order valence-electron chi connectivity index (χ3n) is 3.87. The molecule has 2 atom stereocenters. The lowest BCUT2D eigenvalue weighted by Crippen LogP contribution is -2.47. The average molecular weight is 278 g/mol. The van der Waals surface area contributed by atoms with Crippen molar-refractivity contribution in [3.05, 3.63) is 35.4 Å². The van der Waals surface area contributed by atoms with Crippen LogP contribution < -0.4 is 5.32 Å². The smallest absolute Gasteiger partial charge is 0.0896 e. The van der Waals surface area contributed by atoms with Crippen molar-refractivity contribution >= 4 is 0 Å². The maximum absolute atomic E-state index is 6.01. The zero-order valence-corrected chi connectivity index (χ0v) is 12.8. The maximum atomic E-state index is 6.01. The highest BCUT2D eigenvalue weighted by Gasteiger charge is 2.32. The summed E-state index contributed by atoms with van der Waals surface area (Å²) < 4.78 is 11.3. The van der Waals surface area contributed by atoms with Crippen molar-refractivity contribution in [2.75, 3.05) is 40.4 Å². The standard InChI is InChI=1S/C16H26N2O2/c1-4-17-11-15-16(18(2)9-10-20-15)14-8-6-5-7-13(14)12-19-3/h5-8,15-17H,4,9-12H2,1-3H3. The van der Waals surface area contributed by atoms with Crippen LogP contribution in [0.3, 0.4) is 0 Å². The van der Waals surface area contributed by atoms with Crippen LogP contribution in [-0.2, 0) is 16.1 Å². The lowest BCUT2D eigenvalue weighted by molar-refractivity contribution is -0.0617. The van der Waals surface area contributed by atoms with Crippen molar-refractivity contribution in [3.63, 3.8) is 0 Å². The van der Waals surface area contributed by atoms with Crippen LogP contribution in [0.2, 0.25) is 0 Å². The molecular weight excluding hydrogens is 252 g/mol. The largest absolute Gasteiger partial charge is 0.380 e. The van der Waals surface area contributed by atoms with Crippen molar-refractivity contribution in [1.29, 1.82) is 0 Å². The second kappa shape index (κ2) is 7.74. The van der Waals surface area contributed by atoms with Crippen LogP contribution in [0, 0.1) is 0 Å². The van der Waals surface area contributed by atoms with Crippen LogP contribution in [-0.4, -0.2) is 51.4 Å². The van der Waals surface area contributed by atoms with Crippen molar-refractivity contribution in [2.24, 2.45) is 0 Å². The predicted molar refractivity (Wildman–Crippen MR) is 80.8 cm³/mol. The van der Waals surface area contributed by atoms with Gasteiger partial charge < -0.3 is 14.8 Å². The van der Waals surface area contributed by atoms with Crippen molar-refractivity contribution in [2.45, 2.75) is 25.7 Å². The summed E-state index contributed by atoms with van der Waals surface area (Å²) in [6.45, 7) is 6.39. The van der Waals surface area contributed by atoms with Gasteiger partial charge in [0.25, 0.3) is 0 Å². The fourth-order valence-corrected chi connectivity index (χ4v) is 2.87. The summed E-state index contributed by atoms with van der Waals surface area (Å²) in [5.41, 5.74) is 2.57. The first kappa shape index (κ1) is 15.4. The summed E-state index contributed by atoms with van der Waals surface area (Å²) in [6.07, 6.45) is 0.187. The number of benzene rings is 1. The van der Waals surface area contributed by atoms with Gasteiger partial charge in [-0.3, -0.25) is 4.90 Å². The Balaban J connectivity index is 2.25. The van der Waals surface area contributed by atoms with E-state index in [0.717, 1.165) is 26.2 Å². The number of nitrogens with zero attached hydrogens (tertiary/aromatic N) is 1. The summed E-state index contributed by atoms with van der Waals surface area (Å²) >= 11 is 0. The molecule has 1 aliphatic rings. The van der Waals surface area contributed by atoms with Crippen molar-refractivity contribution in [1.82, 2.24) is 10.2 Å². The fourth-order valence-electron chi connectivity index (χ4n) is 2.87. The Morgan fingerprint density at radius 2 is 2.20 bits per heavy atom. The molecule has 0 radical (unpaired) electrons. The molecule has 0 bridgehead atoms. The molecule has 1 aromatic rings. The minimum absolute atomic E-state index is 0.187. The van der Waals surface area contributed by atoms with E-state index >= 15 is 0 Å². The Morgan fingerprint density at radius 3 is 2.95 bits per heavy atom. The average Bonchev–Trinajstić information content (AvgIpc) is 2.46. The van der Waals surface area contributed by atoms with Gasteiger partial charge in [0.15, 0.2) is 0 Å². The van der Waals surface area contributed by atoms with Crippen LogP contribution >= 0.6 is 0 Å². The Kier molecular flexibility index (Phi) is 5.98. The first-order valence-corrected chi connectivity index (χ1v) is 7.37. The van der Waals surface area contributed by atoms with Crippen LogP contribution in [0.15, 0.2) is 24.3 Å². The van der Waals surface area contributed by atoms with E-state index in [-0.39, 0.29) is 12.1 Å². The van der Waals surface area contributed by atoms with E-state index in [0.29, 0.717) is 6.61 Å². The molecule has 0 spiro atoms. The number of likely N-dealkylation sites (N-methyl/N-ethyl adjacent to an activating group) is 2. The lowest BCUT2D eigenvalue weighted by Gasteiger charge is -2.40. The molecule has 0 aliphatic carbocycles. The van der Waals surface area contributed by atoms with Gasteiger partial charge in [0.2, 0.25) is 0 Å². The summed E-state index contributed by atoms with van der Waals surface area (Å²) in [5, 5.41) is 3.41. The number of methoxy groups -OCH3 is 1. The highest BCUT2D eigenvalue weighted by molar-refractivity contribution is 5.31. The number of morpholine rings is 1. The van der Waals surface area contributed by atoms with E-state index in [4.69, 9.17) is 9.47 Å². The van der Waals surface area contributed by atoms with E-state index in [9.17, 15) is 0 Å². The molecule has 1 heterocycles. The van der Waals surface area contributed by atoms with Crippen LogP contribution in [0.4, 0.5) is 0 Å². The predicted octanol–water partition coefficient (Wildman–Crippen LogP) is 1.81.